The molecule has 0 saturated heterocycles. The average Bonchev–Trinajstić information content (AvgIpc) is 3.12. The zero-order valence-corrected chi connectivity index (χ0v) is 37.1. The summed E-state index contributed by atoms with van der Waals surface area (Å²) in [4.78, 5) is 37.3. The Balaban J connectivity index is 4.04. The molecule has 0 rings (SSSR count). The Labute approximate surface area is 334 Å². The lowest BCUT2D eigenvalue weighted by atomic mass is 10.0. The van der Waals surface area contributed by atoms with Crippen LogP contribution in [0.2, 0.25) is 0 Å². The van der Waals surface area contributed by atoms with E-state index < -0.39 is 26.5 Å². The first-order chi connectivity index (χ1) is 26.0. The molecule has 322 valence electrons. The van der Waals surface area contributed by atoms with E-state index in [1.54, 1.807) is 0 Å². The second-order valence-electron chi connectivity index (χ2n) is 16.8. The van der Waals surface area contributed by atoms with Gasteiger partial charge in [-0.1, -0.05) is 194 Å². The van der Waals surface area contributed by atoms with Crippen molar-refractivity contribution in [2.24, 2.45) is 0 Å². The number of likely N-dealkylation sites (N-methyl/N-ethyl adjacent to an activating group) is 1. The topological polar surface area (TPSA) is 111 Å². The quantitative estimate of drug-likeness (QED) is 0.0260. The number of hydrogen-bond donors (Lipinski definition) is 0. The Morgan fingerprint density at radius 1 is 0.500 bits per heavy atom. The Kier molecular flexibility index (Phi) is 36.9. The van der Waals surface area contributed by atoms with Gasteiger partial charge in [-0.15, -0.1) is 0 Å². The molecule has 0 aromatic heterocycles. The normalized spacial score (nSPS) is 13.5. The van der Waals surface area contributed by atoms with E-state index in [1.165, 1.54) is 148 Å². The second-order valence-corrected chi connectivity index (χ2v) is 18.2. The van der Waals surface area contributed by atoms with Crippen LogP contribution in [0.4, 0.5) is 0 Å². The molecule has 0 N–H and O–H groups in total. The summed E-state index contributed by atoms with van der Waals surface area (Å²) in [5, 5.41) is 0. The van der Waals surface area contributed by atoms with Crippen LogP contribution in [0.25, 0.3) is 0 Å². The maximum absolute atomic E-state index is 12.5. The van der Waals surface area contributed by atoms with Crippen molar-refractivity contribution in [1.82, 2.24) is 0 Å². The summed E-state index contributed by atoms with van der Waals surface area (Å²) in [7, 11) is 1.18. The lowest BCUT2D eigenvalue weighted by Crippen LogP contribution is -2.37. The number of unbranched alkanes of at least 4 members (excludes halogenated alkanes) is 28. The highest BCUT2D eigenvalue weighted by atomic mass is 31.2. The second kappa shape index (κ2) is 37.6. The minimum absolute atomic E-state index is 0.0263. The molecule has 1 unspecified atom stereocenters. The van der Waals surface area contributed by atoms with Crippen molar-refractivity contribution in [3.8, 4) is 0 Å². The molecule has 0 aliphatic rings. The fourth-order valence-electron chi connectivity index (χ4n) is 6.54. The summed E-state index contributed by atoms with van der Waals surface area (Å²) in [5.41, 5.74) is 0. The number of phosphoric ester groups is 1. The van der Waals surface area contributed by atoms with Crippen molar-refractivity contribution in [3.63, 3.8) is 0 Å². The van der Waals surface area contributed by atoms with Crippen LogP contribution in [0.5, 0.6) is 0 Å². The molecule has 0 saturated carbocycles. The number of carbonyl (C=O) groups excluding carboxylic acids is 2. The number of nitrogens with zero attached hydrogens (tertiary/aromatic N) is 1. The summed E-state index contributed by atoms with van der Waals surface area (Å²) in [6.45, 7) is 4.21. The van der Waals surface area contributed by atoms with Crippen molar-refractivity contribution in [1.29, 1.82) is 0 Å². The van der Waals surface area contributed by atoms with Crippen molar-refractivity contribution in [2.45, 2.75) is 225 Å². The zero-order valence-electron chi connectivity index (χ0n) is 36.2. The van der Waals surface area contributed by atoms with Crippen LogP contribution in [0.1, 0.15) is 219 Å². The third kappa shape index (κ3) is 40.7. The van der Waals surface area contributed by atoms with Crippen LogP contribution in [0.15, 0.2) is 0 Å². The van der Waals surface area contributed by atoms with E-state index >= 15 is 0 Å². The van der Waals surface area contributed by atoms with Gasteiger partial charge in [-0.25, -0.2) is 0 Å². The fourth-order valence-corrected chi connectivity index (χ4v) is 7.27. The first-order valence-electron chi connectivity index (χ1n) is 22.7. The van der Waals surface area contributed by atoms with Gasteiger partial charge in [0.1, 0.15) is 19.8 Å². The molecule has 0 amide bonds. The lowest BCUT2D eigenvalue weighted by molar-refractivity contribution is -0.870. The molecule has 0 heterocycles. The highest BCUT2D eigenvalue weighted by Crippen LogP contribution is 2.38. The maximum Gasteiger partial charge on any atom is 0.306 e. The first-order valence-corrected chi connectivity index (χ1v) is 24.2. The van der Waals surface area contributed by atoms with Gasteiger partial charge >= 0.3 is 11.9 Å². The van der Waals surface area contributed by atoms with Crippen LogP contribution in [-0.4, -0.2) is 70.0 Å². The molecule has 9 nitrogen and oxygen atoms in total. The smallest absolute Gasteiger partial charge is 0.306 e. The number of rotatable bonds is 42. The number of quaternary nitrogens is 1. The van der Waals surface area contributed by atoms with Gasteiger partial charge < -0.3 is 27.9 Å². The summed E-state index contributed by atoms with van der Waals surface area (Å²) < 4.78 is 33.7. The molecule has 54 heavy (non-hydrogen) atoms. The van der Waals surface area contributed by atoms with Gasteiger partial charge in [0.05, 0.1) is 27.7 Å². The lowest BCUT2D eigenvalue weighted by Gasteiger charge is -2.28. The molecule has 10 heteroatoms. The number of ether oxygens (including phenoxy) is 2. The molecule has 0 aliphatic carbocycles. The molecule has 0 aromatic carbocycles. The first kappa shape index (κ1) is 53.0. The predicted molar refractivity (Wildman–Crippen MR) is 222 cm³/mol. The standard InChI is InChI=1S/C44H88NO8P/c1-6-8-10-12-14-15-16-17-18-19-20-21-22-23-24-25-26-27-28-29-31-32-34-36-43(46)50-40-42(41-52-54(48,49)51-39-38-45(3,4)5)53-44(47)37-35-33-30-13-11-9-7-2/h42H,6-41H2,1-5H3/t42-/m0/s1. The van der Waals surface area contributed by atoms with Gasteiger partial charge in [-0.05, 0) is 12.8 Å². The minimum atomic E-state index is -4.61. The van der Waals surface area contributed by atoms with Crippen molar-refractivity contribution in [3.05, 3.63) is 0 Å². The van der Waals surface area contributed by atoms with Gasteiger partial charge in [0.25, 0.3) is 7.82 Å². The SMILES string of the molecule is CCCCCCCCCCCCCCCCCCCCCCCCCC(=O)OC[C@@H](COP(=O)([O-])OCC[N+](C)(C)C)OC(=O)CCCCCCCCC. The van der Waals surface area contributed by atoms with Crippen LogP contribution in [-0.2, 0) is 32.7 Å². The Bertz CT molecular complexity index is 896. The van der Waals surface area contributed by atoms with Gasteiger partial charge in [0.2, 0.25) is 0 Å². The molecule has 0 fully saturated rings. The van der Waals surface area contributed by atoms with E-state index in [0.717, 1.165) is 38.5 Å². The summed E-state index contributed by atoms with van der Waals surface area (Å²) in [6.07, 6.45) is 37.4. The number of phosphoric acid groups is 1. The van der Waals surface area contributed by atoms with Gasteiger partial charge in [-0.3, -0.25) is 14.2 Å². The Morgan fingerprint density at radius 3 is 1.19 bits per heavy atom. The summed E-state index contributed by atoms with van der Waals surface area (Å²) >= 11 is 0. The van der Waals surface area contributed by atoms with E-state index in [-0.39, 0.29) is 32.0 Å². The summed E-state index contributed by atoms with van der Waals surface area (Å²) in [6, 6.07) is 0. The zero-order chi connectivity index (χ0) is 40.0. The van der Waals surface area contributed by atoms with Crippen molar-refractivity contribution >= 4 is 19.8 Å². The highest BCUT2D eigenvalue weighted by molar-refractivity contribution is 7.45. The van der Waals surface area contributed by atoms with Gasteiger partial charge in [-0.2, -0.15) is 0 Å². The molecule has 0 aromatic rings. The molecule has 0 spiro atoms. The van der Waals surface area contributed by atoms with Gasteiger partial charge in [0.15, 0.2) is 6.10 Å². The van der Waals surface area contributed by atoms with E-state index in [0.29, 0.717) is 17.4 Å². The Hall–Kier alpha value is -0.990. The molecule has 0 aliphatic heterocycles. The highest BCUT2D eigenvalue weighted by Gasteiger charge is 2.21. The Morgan fingerprint density at radius 2 is 0.833 bits per heavy atom. The number of carbonyl (C=O) groups is 2. The monoisotopic (exact) mass is 790 g/mol. The van der Waals surface area contributed by atoms with Crippen molar-refractivity contribution in [2.75, 3.05) is 47.5 Å². The average molecular weight is 790 g/mol. The van der Waals surface area contributed by atoms with Crippen molar-refractivity contribution < 1.29 is 42.1 Å². The largest absolute Gasteiger partial charge is 0.756 e. The van der Waals surface area contributed by atoms with E-state index in [4.69, 9.17) is 18.5 Å². The third-order valence-electron chi connectivity index (χ3n) is 10.1. The number of hydrogen-bond acceptors (Lipinski definition) is 8. The number of esters is 2. The van der Waals surface area contributed by atoms with Gasteiger partial charge in [0, 0.05) is 12.8 Å². The minimum Gasteiger partial charge on any atom is -0.756 e. The molecule has 0 radical (unpaired) electrons. The van der Waals surface area contributed by atoms with E-state index in [2.05, 4.69) is 13.8 Å². The fraction of sp³-hybridized carbons (Fsp3) is 0.955. The van der Waals surface area contributed by atoms with Crippen LogP contribution < -0.4 is 4.89 Å². The molecule has 0 bridgehead atoms. The predicted octanol–water partition coefficient (Wildman–Crippen LogP) is 12.2. The molecular formula is C44H88NO8P. The summed E-state index contributed by atoms with van der Waals surface area (Å²) in [5.74, 6) is -0.828. The van der Waals surface area contributed by atoms with E-state index in [9.17, 15) is 19.0 Å². The van der Waals surface area contributed by atoms with Crippen LogP contribution >= 0.6 is 7.82 Å². The van der Waals surface area contributed by atoms with Crippen LogP contribution in [0, 0.1) is 0 Å². The molecule has 2 atom stereocenters. The van der Waals surface area contributed by atoms with Crippen LogP contribution in [0.3, 0.4) is 0 Å². The maximum atomic E-state index is 12.5. The van der Waals surface area contributed by atoms with E-state index in [1.807, 2.05) is 21.1 Å². The molecular weight excluding hydrogens is 701 g/mol. The third-order valence-corrected chi connectivity index (χ3v) is 11.1.